The third-order valence-electron chi connectivity index (χ3n) is 4.12. The van der Waals surface area contributed by atoms with Crippen molar-refractivity contribution in [1.29, 1.82) is 0 Å². The average molecular weight is 351 g/mol. The summed E-state index contributed by atoms with van der Waals surface area (Å²) < 4.78 is 5.05. The van der Waals surface area contributed by atoms with Crippen molar-refractivity contribution in [1.82, 2.24) is 4.90 Å². The molecule has 0 fully saturated rings. The Morgan fingerprint density at radius 2 is 1.77 bits per heavy atom. The summed E-state index contributed by atoms with van der Waals surface area (Å²) in [6.45, 7) is 6.27. The van der Waals surface area contributed by atoms with Crippen LogP contribution in [0, 0.1) is 20.8 Å². The van der Waals surface area contributed by atoms with Gasteiger partial charge in [-0.1, -0.05) is 53.6 Å². The van der Waals surface area contributed by atoms with Crippen LogP contribution in [0.2, 0.25) is 0 Å². The van der Waals surface area contributed by atoms with E-state index in [9.17, 15) is 9.59 Å². The van der Waals surface area contributed by atoms with Crippen LogP contribution in [-0.4, -0.2) is 30.4 Å². The van der Waals surface area contributed by atoms with Crippen LogP contribution in [0.4, 0.5) is 0 Å². The fourth-order valence-electron chi connectivity index (χ4n) is 2.60. The van der Waals surface area contributed by atoms with Crippen molar-refractivity contribution in [3.63, 3.8) is 0 Å². The molecule has 0 radical (unpaired) electrons. The van der Waals surface area contributed by atoms with Crippen LogP contribution >= 0.6 is 0 Å². The first-order valence-electron chi connectivity index (χ1n) is 8.57. The van der Waals surface area contributed by atoms with E-state index in [1.807, 2.05) is 57.2 Å². The maximum absolute atomic E-state index is 12.2. The molecule has 0 heterocycles. The highest BCUT2D eigenvalue weighted by Gasteiger charge is 2.12. The Hall–Kier alpha value is -2.88. The van der Waals surface area contributed by atoms with Gasteiger partial charge in [-0.05, 0) is 43.5 Å². The molecule has 0 spiro atoms. The van der Waals surface area contributed by atoms with Crippen molar-refractivity contribution in [2.45, 2.75) is 27.3 Å². The predicted molar refractivity (Wildman–Crippen MR) is 104 cm³/mol. The molecular weight excluding hydrogens is 326 g/mol. The minimum atomic E-state index is -0.528. The number of hydrogen-bond donors (Lipinski definition) is 0. The molecule has 0 atom stereocenters. The summed E-state index contributed by atoms with van der Waals surface area (Å²) in [4.78, 5) is 25.5. The second-order valence-corrected chi connectivity index (χ2v) is 6.53. The molecule has 0 N–H and O–H groups in total. The number of rotatable bonds is 6. The molecule has 0 saturated carbocycles. The van der Waals surface area contributed by atoms with Crippen molar-refractivity contribution in [3.05, 3.63) is 76.4 Å². The van der Waals surface area contributed by atoms with Crippen LogP contribution in [0.15, 0.2) is 48.5 Å². The highest BCUT2D eigenvalue weighted by atomic mass is 16.5. The molecule has 0 saturated heterocycles. The van der Waals surface area contributed by atoms with Gasteiger partial charge in [-0.15, -0.1) is 0 Å². The normalized spacial score (nSPS) is 10.8. The Balaban J connectivity index is 1.84. The Morgan fingerprint density at radius 3 is 2.46 bits per heavy atom. The minimum Gasteiger partial charge on any atom is -0.452 e. The third-order valence-corrected chi connectivity index (χ3v) is 4.12. The van der Waals surface area contributed by atoms with E-state index in [4.69, 9.17) is 4.74 Å². The highest BCUT2D eigenvalue weighted by Crippen LogP contribution is 2.12. The maximum Gasteiger partial charge on any atom is 0.331 e. The molecule has 2 aromatic carbocycles. The summed E-state index contributed by atoms with van der Waals surface area (Å²) >= 11 is 0. The molecule has 136 valence electrons. The van der Waals surface area contributed by atoms with Crippen LogP contribution in [0.25, 0.3) is 6.08 Å². The number of esters is 1. The summed E-state index contributed by atoms with van der Waals surface area (Å²) in [5, 5.41) is 0. The van der Waals surface area contributed by atoms with Gasteiger partial charge in [-0.25, -0.2) is 4.79 Å². The second kappa shape index (κ2) is 8.99. The molecule has 26 heavy (non-hydrogen) atoms. The van der Waals surface area contributed by atoms with E-state index in [0.29, 0.717) is 6.54 Å². The summed E-state index contributed by atoms with van der Waals surface area (Å²) in [5.74, 6) is -0.762. The summed E-state index contributed by atoms with van der Waals surface area (Å²) in [6, 6.07) is 13.9. The van der Waals surface area contributed by atoms with Gasteiger partial charge in [0.1, 0.15) is 0 Å². The zero-order chi connectivity index (χ0) is 19.1. The van der Waals surface area contributed by atoms with E-state index in [1.54, 1.807) is 18.0 Å². The smallest absolute Gasteiger partial charge is 0.331 e. The predicted octanol–water partition coefficient (Wildman–Crippen LogP) is 3.83. The van der Waals surface area contributed by atoms with E-state index in [-0.39, 0.29) is 12.5 Å². The monoisotopic (exact) mass is 351 g/mol. The summed E-state index contributed by atoms with van der Waals surface area (Å²) in [6.07, 6.45) is 3.02. The lowest BCUT2D eigenvalue weighted by Gasteiger charge is -2.18. The zero-order valence-electron chi connectivity index (χ0n) is 15.8. The summed E-state index contributed by atoms with van der Waals surface area (Å²) in [7, 11) is 1.71. The molecule has 2 rings (SSSR count). The van der Waals surface area contributed by atoms with E-state index < -0.39 is 5.97 Å². The average Bonchev–Trinajstić information content (AvgIpc) is 2.60. The SMILES string of the molecule is Cc1cccc(/C=C/C(=O)OCC(=O)N(C)Cc2ccc(C)cc2C)c1. The molecule has 0 aromatic heterocycles. The van der Waals surface area contributed by atoms with E-state index in [1.165, 1.54) is 11.6 Å². The lowest BCUT2D eigenvalue weighted by Crippen LogP contribution is -2.30. The number of carbonyl (C=O) groups excluding carboxylic acids is 2. The third kappa shape index (κ3) is 5.88. The first-order valence-corrected chi connectivity index (χ1v) is 8.57. The van der Waals surface area contributed by atoms with Crippen molar-refractivity contribution in [2.75, 3.05) is 13.7 Å². The molecule has 2 aromatic rings. The first kappa shape index (κ1) is 19.4. The number of amides is 1. The fraction of sp³-hybridized carbons (Fsp3) is 0.273. The second-order valence-electron chi connectivity index (χ2n) is 6.53. The van der Waals surface area contributed by atoms with Gasteiger partial charge in [0.2, 0.25) is 0 Å². The molecule has 4 nitrogen and oxygen atoms in total. The van der Waals surface area contributed by atoms with Gasteiger partial charge in [0, 0.05) is 19.7 Å². The quantitative estimate of drug-likeness (QED) is 0.587. The van der Waals surface area contributed by atoms with Gasteiger partial charge < -0.3 is 9.64 Å². The maximum atomic E-state index is 12.2. The van der Waals surface area contributed by atoms with Gasteiger partial charge in [0.15, 0.2) is 6.61 Å². The molecule has 0 bridgehead atoms. The van der Waals surface area contributed by atoms with Gasteiger partial charge in [-0.2, -0.15) is 0 Å². The van der Waals surface area contributed by atoms with Crippen molar-refractivity contribution in [2.24, 2.45) is 0 Å². The molecule has 1 amide bonds. The Labute approximate surface area is 155 Å². The fourth-order valence-corrected chi connectivity index (χ4v) is 2.60. The molecular formula is C22H25NO3. The van der Waals surface area contributed by atoms with Gasteiger partial charge in [0.05, 0.1) is 0 Å². The van der Waals surface area contributed by atoms with E-state index in [2.05, 4.69) is 6.07 Å². The number of aryl methyl sites for hydroxylation is 3. The van der Waals surface area contributed by atoms with Crippen molar-refractivity contribution in [3.8, 4) is 0 Å². The van der Waals surface area contributed by atoms with Crippen LogP contribution < -0.4 is 0 Å². The molecule has 0 aliphatic carbocycles. The molecule has 0 aliphatic rings. The highest BCUT2D eigenvalue weighted by molar-refractivity contribution is 5.89. The lowest BCUT2D eigenvalue weighted by molar-refractivity contribution is -0.147. The van der Waals surface area contributed by atoms with Crippen molar-refractivity contribution < 1.29 is 14.3 Å². The van der Waals surface area contributed by atoms with Crippen LogP contribution in [0.1, 0.15) is 27.8 Å². The van der Waals surface area contributed by atoms with Gasteiger partial charge in [-0.3, -0.25) is 4.79 Å². The summed E-state index contributed by atoms with van der Waals surface area (Å²) in [5.41, 5.74) is 5.44. The van der Waals surface area contributed by atoms with E-state index in [0.717, 1.165) is 22.3 Å². The number of ether oxygens (including phenoxy) is 1. The number of hydrogen-bond acceptors (Lipinski definition) is 3. The molecule has 0 unspecified atom stereocenters. The number of likely N-dealkylation sites (N-methyl/N-ethyl adjacent to an activating group) is 1. The van der Waals surface area contributed by atoms with Crippen molar-refractivity contribution >= 4 is 18.0 Å². The first-order chi connectivity index (χ1) is 12.3. The molecule has 4 heteroatoms. The topological polar surface area (TPSA) is 46.6 Å². The van der Waals surface area contributed by atoms with E-state index >= 15 is 0 Å². The largest absolute Gasteiger partial charge is 0.452 e. The Morgan fingerprint density at radius 1 is 1.04 bits per heavy atom. The van der Waals surface area contributed by atoms with Crippen LogP contribution in [0.5, 0.6) is 0 Å². The van der Waals surface area contributed by atoms with Crippen LogP contribution in [0.3, 0.4) is 0 Å². The zero-order valence-corrected chi connectivity index (χ0v) is 15.8. The molecule has 0 aliphatic heterocycles. The number of nitrogens with zero attached hydrogens (tertiary/aromatic N) is 1. The lowest BCUT2D eigenvalue weighted by atomic mass is 10.1. The minimum absolute atomic E-state index is 0.234. The standard InChI is InChI=1S/C22H25NO3/c1-16-6-5-7-19(13-16)9-11-22(25)26-15-21(24)23(4)14-20-10-8-17(2)12-18(20)3/h5-13H,14-15H2,1-4H3/b11-9+. The van der Waals surface area contributed by atoms with Crippen LogP contribution in [-0.2, 0) is 20.9 Å². The number of carbonyl (C=O) groups is 2. The van der Waals surface area contributed by atoms with Gasteiger partial charge in [0.25, 0.3) is 5.91 Å². The Kier molecular flexibility index (Phi) is 6.73. The number of benzene rings is 2. The van der Waals surface area contributed by atoms with Gasteiger partial charge >= 0.3 is 5.97 Å². The Bertz CT molecular complexity index is 824.